The van der Waals surface area contributed by atoms with Crippen molar-refractivity contribution in [2.24, 2.45) is 4.99 Å². The van der Waals surface area contributed by atoms with E-state index in [2.05, 4.69) is 29.1 Å². The van der Waals surface area contributed by atoms with Crippen molar-refractivity contribution in [3.63, 3.8) is 0 Å². The van der Waals surface area contributed by atoms with Gasteiger partial charge in [-0.3, -0.25) is 4.99 Å². The molecule has 1 atom stereocenters. The van der Waals surface area contributed by atoms with Crippen LogP contribution in [-0.4, -0.2) is 61.8 Å². The SMILES string of the molecule is CCCN(CC)CCN=C1NC(CCOC)CS1. The van der Waals surface area contributed by atoms with Crippen molar-refractivity contribution >= 4 is 16.9 Å². The predicted molar refractivity (Wildman–Crippen MR) is 80.6 cm³/mol. The molecule has 18 heavy (non-hydrogen) atoms. The summed E-state index contributed by atoms with van der Waals surface area (Å²) in [5, 5.41) is 4.58. The Morgan fingerprint density at radius 1 is 1.44 bits per heavy atom. The van der Waals surface area contributed by atoms with Crippen LogP contribution in [0.25, 0.3) is 0 Å². The second-order valence-electron chi connectivity index (χ2n) is 4.55. The molecule has 1 aliphatic heterocycles. The van der Waals surface area contributed by atoms with Crippen LogP contribution < -0.4 is 5.32 Å². The first-order chi connectivity index (χ1) is 8.80. The number of nitrogens with zero attached hydrogens (tertiary/aromatic N) is 2. The van der Waals surface area contributed by atoms with Gasteiger partial charge < -0.3 is 15.0 Å². The molecule has 106 valence electrons. The van der Waals surface area contributed by atoms with Crippen LogP contribution in [0.15, 0.2) is 4.99 Å². The number of amidine groups is 1. The average molecular weight is 273 g/mol. The van der Waals surface area contributed by atoms with Crippen molar-refractivity contribution in [1.29, 1.82) is 0 Å². The summed E-state index contributed by atoms with van der Waals surface area (Å²) in [6.07, 6.45) is 2.29. The van der Waals surface area contributed by atoms with Crippen molar-refractivity contribution in [1.82, 2.24) is 10.2 Å². The third-order valence-corrected chi connectivity index (χ3v) is 4.17. The molecule has 0 radical (unpaired) electrons. The lowest BCUT2D eigenvalue weighted by Gasteiger charge is -2.18. The maximum Gasteiger partial charge on any atom is 0.156 e. The van der Waals surface area contributed by atoms with Gasteiger partial charge in [-0.05, 0) is 25.9 Å². The number of rotatable bonds is 9. The predicted octanol–water partition coefficient (Wildman–Crippen LogP) is 1.82. The molecule has 1 aliphatic rings. The molecule has 0 aromatic carbocycles. The van der Waals surface area contributed by atoms with E-state index in [1.165, 1.54) is 13.0 Å². The Hall–Kier alpha value is -0.260. The summed E-state index contributed by atoms with van der Waals surface area (Å²) in [5.41, 5.74) is 0. The molecule has 0 amide bonds. The van der Waals surface area contributed by atoms with Gasteiger partial charge in [0.15, 0.2) is 5.17 Å². The third-order valence-electron chi connectivity index (χ3n) is 3.08. The summed E-state index contributed by atoms with van der Waals surface area (Å²) in [7, 11) is 1.75. The second-order valence-corrected chi connectivity index (χ2v) is 5.56. The molecule has 1 rings (SSSR count). The fraction of sp³-hybridized carbons (Fsp3) is 0.923. The highest BCUT2D eigenvalue weighted by molar-refractivity contribution is 8.14. The molecule has 1 saturated heterocycles. The van der Waals surface area contributed by atoms with Gasteiger partial charge in [0.1, 0.15) is 0 Å². The van der Waals surface area contributed by atoms with Crippen LogP contribution in [0.5, 0.6) is 0 Å². The molecule has 1 heterocycles. The Labute approximate surface area is 116 Å². The van der Waals surface area contributed by atoms with Crippen LogP contribution in [0.1, 0.15) is 26.7 Å². The number of thioether (sulfide) groups is 1. The van der Waals surface area contributed by atoms with Gasteiger partial charge in [-0.1, -0.05) is 25.6 Å². The summed E-state index contributed by atoms with van der Waals surface area (Å²) >= 11 is 1.84. The number of likely N-dealkylation sites (N-methyl/N-ethyl adjacent to an activating group) is 1. The standard InChI is InChI=1S/C13H27N3OS/c1-4-8-16(5-2)9-7-14-13-15-12(11-18-13)6-10-17-3/h12H,4-11H2,1-3H3,(H,14,15). The molecule has 1 fully saturated rings. The van der Waals surface area contributed by atoms with E-state index >= 15 is 0 Å². The van der Waals surface area contributed by atoms with Crippen molar-refractivity contribution in [3.05, 3.63) is 0 Å². The van der Waals surface area contributed by atoms with Gasteiger partial charge in [-0.2, -0.15) is 0 Å². The van der Waals surface area contributed by atoms with Crippen LogP contribution in [0.2, 0.25) is 0 Å². The lowest BCUT2D eigenvalue weighted by atomic mass is 10.2. The molecule has 0 aromatic rings. The first kappa shape index (κ1) is 15.8. The van der Waals surface area contributed by atoms with E-state index in [1.54, 1.807) is 7.11 Å². The summed E-state index contributed by atoms with van der Waals surface area (Å²) in [6, 6.07) is 0.534. The van der Waals surface area contributed by atoms with E-state index in [9.17, 15) is 0 Å². The van der Waals surface area contributed by atoms with E-state index in [1.807, 2.05) is 11.8 Å². The molecule has 1 unspecified atom stereocenters. The summed E-state index contributed by atoms with van der Waals surface area (Å²) in [6.45, 7) is 9.54. The highest BCUT2D eigenvalue weighted by atomic mass is 32.2. The van der Waals surface area contributed by atoms with Crippen LogP contribution in [0, 0.1) is 0 Å². The zero-order valence-electron chi connectivity index (χ0n) is 11.9. The van der Waals surface area contributed by atoms with Crippen LogP contribution in [0.3, 0.4) is 0 Å². The van der Waals surface area contributed by atoms with Gasteiger partial charge in [0, 0.05) is 32.1 Å². The van der Waals surface area contributed by atoms with Gasteiger partial charge in [0.25, 0.3) is 0 Å². The van der Waals surface area contributed by atoms with Crippen molar-refractivity contribution in [2.45, 2.75) is 32.7 Å². The van der Waals surface area contributed by atoms with Crippen LogP contribution >= 0.6 is 11.8 Å². The van der Waals surface area contributed by atoms with Crippen LogP contribution in [-0.2, 0) is 4.74 Å². The quantitative estimate of drug-likeness (QED) is 0.695. The maximum atomic E-state index is 5.10. The molecule has 1 N–H and O–H groups in total. The van der Waals surface area contributed by atoms with Crippen LogP contribution in [0.4, 0.5) is 0 Å². The zero-order chi connectivity index (χ0) is 13.2. The number of ether oxygens (including phenoxy) is 1. The maximum absolute atomic E-state index is 5.10. The van der Waals surface area contributed by atoms with Gasteiger partial charge in [0.05, 0.1) is 6.54 Å². The minimum absolute atomic E-state index is 0.534. The molecular weight excluding hydrogens is 246 g/mol. The highest BCUT2D eigenvalue weighted by Crippen LogP contribution is 2.15. The second kappa shape index (κ2) is 9.64. The number of aliphatic imine (C=N–C) groups is 1. The lowest BCUT2D eigenvalue weighted by Crippen LogP contribution is -2.30. The molecule has 5 heteroatoms. The molecule has 0 aromatic heterocycles. The normalized spacial score (nSPS) is 21.8. The number of methoxy groups -OCH3 is 1. The third kappa shape index (κ3) is 6.07. The molecule has 4 nitrogen and oxygen atoms in total. The summed E-state index contributed by atoms with van der Waals surface area (Å²) < 4.78 is 5.10. The molecular formula is C13H27N3OS. The monoisotopic (exact) mass is 273 g/mol. The Morgan fingerprint density at radius 3 is 2.94 bits per heavy atom. The topological polar surface area (TPSA) is 36.9 Å². The van der Waals surface area contributed by atoms with Crippen molar-refractivity contribution in [3.8, 4) is 0 Å². The Bertz CT molecular complexity index is 248. The van der Waals surface area contributed by atoms with Gasteiger partial charge in [0.2, 0.25) is 0 Å². The Morgan fingerprint density at radius 2 is 2.28 bits per heavy atom. The number of nitrogens with one attached hydrogen (secondary N) is 1. The van der Waals surface area contributed by atoms with Gasteiger partial charge in [-0.15, -0.1) is 0 Å². The van der Waals surface area contributed by atoms with Gasteiger partial charge >= 0.3 is 0 Å². The molecule has 0 aliphatic carbocycles. The summed E-state index contributed by atoms with van der Waals surface area (Å²) in [4.78, 5) is 7.09. The molecule has 0 saturated carbocycles. The van der Waals surface area contributed by atoms with Crippen molar-refractivity contribution < 1.29 is 4.74 Å². The van der Waals surface area contributed by atoms with E-state index in [-0.39, 0.29) is 0 Å². The first-order valence-corrected chi connectivity index (χ1v) is 7.93. The fourth-order valence-electron chi connectivity index (χ4n) is 1.98. The highest BCUT2D eigenvalue weighted by Gasteiger charge is 2.19. The smallest absolute Gasteiger partial charge is 0.156 e. The zero-order valence-corrected chi connectivity index (χ0v) is 12.8. The number of hydrogen-bond acceptors (Lipinski definition) is 4. The minimum Gasteiger partial charge on any atom is -0.385 e. The van der Waals surface area contributed by atoms with Gasteiger partial charge in [-0.25, -0.2) is 0 Å². The van der Waals surface area contributed by atoms with E-state index in [0.29, 0.717) is 6.04 Å². The average Bonchev–Trinajstić information content (AvgIpc) is 2.83. The van der Waals surface area contributed by atoms with E-state index in [4.69, 9.17) is 4.74 Å². The summed E-state index contributed by atoms with van der Waals surface area (Å²) in [5.74, 6) is 1.12. The minimum atomic E-state index is 0.534. The van der Waals surface area contributed by atoms with E-state index in [0.717, 1.165) is 43.6 Å². The van der Waals surface area contributed by atoms with Crippen molar-refractivity contribution in [2.75, 3.05) is 45.6 Å². The Kier molecular flexibility index (Phi) is 8.46. The lowest BCUT2D eigenvalue weighted by molar-refractivity contribution is 0.188. The molecule has 0 spiro atoms. The molecule has 0 bridgehead atoms. The van der Waals surface area contributed by atoms with E-state index < -0.39 is 0 Å². The first-order valence-electron chi connectivity index (χ1n) is 6.95. The largest absolute Gasteiger partial charge is 0.385 e. The Balaban J connectivity index is 2.19. The fourth-order valence-corrected chi connectivity index (χ4v) is 3.02. The number of hydrogen-bond donors (Lipinski definition) is 1.